The van der Waals surface area contributed by atoms with E-state index in [0.717, 1.165) is 6.07 Å². The number of halogens is 2. The van der Waals surface area contributed by atoms with Crippen LogP contribution in [0.2, 0.25) is 0 Å². The molecule has 0 aromatic heterocycles. The van der Waals surface area contributed by atoms with Gasteiger partial charge in [-0.25, -0.2) is 4.39 Å². The highest BCUT2D eigenvalue weighted by atomic mass is 35.5. The van der Waals surface area contributed by atoms with Crippen molar-refractivity contribution in [2.45, 2.75) is 39.3 Å². The van der Waals surface area contributed by atoms with Gasteiger partial charge in [0, 0.05) is 6.04 Å². The van der Waals surface area contributed by atoms with E-state index in [1.165, 1.54) is 12.1 Å². The fourth-order valence-electron chi connectivity index (χ4n) is 1.46. The van der Waals surface area contributed by atoms with Crippen molar-refractivity contribution in [2.75, 3.05) is 0 Å². The van der Waals surface area contributed by atoms with Crippen molar-refractivity contribution in [2.24, 2.45) is 11.1 Å². The first kappa shape index (κ1) is 17.2. The molecule has 3 nitrogen and oxygen atoms in total. The molecule has 104 valence electrons. The minimum Gasteiger partial charge on any atom is -0.505 e. The van der Waals surface area contributed by atoms with Crippen molar-refractivity contribution in [3.05, 3.63) is 29.6 Å². The van der Waals surface area contributed by atoms with E-state index in [9.17, 15) is 9.50 Å². The Balaban J connectivity index is 0.00000289. The zero-order chi connectivity index (χ0) is 13.2. The number of aliphatic hydroxyl groups excluding tert-OH is 1. The van der Waals surface area contributed by atoms with Crippen LogP contribution in [0.15, 0.2) is 18.2 Å². The molecule has 0 radical (unpaired) electrons. The Labute approximate surface area is 113 Å². The van der Waals surface area contributed by atoms with Crippen molar-refractivity contribution in [3.8, 4) is 5.75 Å². The highest BCUT2D eigenvalue weighted by Crippen LogP contribution is 2.28. The van der Waals surface area contributed by atoms with E-state index in [1.807, 2.05) is 20.8 Å². The van der Waals surface area contributed by atoms with Crippen LogP contribution in [0.5, 0.6) is 5.75 Å². The minimum absolute atomic E-state index is 0. The molecule has 0 fully saturated rings. The van der Waals surface area contributed by atoms with E-state index in [2.05, 4.69) is 0 Å². The Morgan fingerprint density at radius 2 is 1.89 bits per heavy atom. The summed E-state index contributed by atoms with van der Waals surface area (Å²) in [5.41, 5.74) is 6.27. The van der Waals surface area contributed by atoms with Gasteiger partial charge in [0.2, 0.25) is 0 Å². The highest BCUT2D eigenvalue weighted by Gasteiger charge is 2.24. The van der Waals surface area contributed by atoms with Crippen molar-refractivity contribution in [3.63, 3.8) is 0 Å². The first-order valence-corrected chi connectivity index (χ1v) is 5.64. The molecule has 0 unspecified atom stereocenters. The van der Waals surface area contributed by atoms with Crippen molar-refractivity contribution < 1.29 is 14.6 Å². The Bertz CT molecular complexity index is 393. The summed E-state index contributed by atoms with van der Waals surface area (Å²) in [6, 6.07) is 3.68. The minimum atomic E-state index is -0.820. The van der Waals surface area contributed by atoms with Crippen LogP contribution in [0.4, 0.5) is 4.39 Å². The van der Waals surface area contributed by atoms with Crippen LogP contribution in [-0.4, -0.2) is 16.3 Å². The van der Waals surface area contributed by atoms with Crippen LogP contribution in [0.1, 0.15) is 38.9 Å². The van der Waals surface area contributed by atoms with E-state index in [-0.39, 0.29) is 23.9 Å². The maximum absolute atomic E-state index is 13.1. The van der Waals surface area contributed by atoms with Crippen LogP contribution in [0, 0.1) is 11.2 Å². The zero-order valence-corrected chi connectivity index (χ0v) is 11.7. The Morgan fingerprint density at radius 3 is 2.33 bits per heavy atom. The average Bonchev–Trinajstić information content (AvgIpc) is 2.20. The van der Waals surface area contributed by atoms with E-state index in [1.54, 1.807) is 0 Å². The maximum atomic E-state index is 13.1. The SMILES string of the molecule is CC(C)(C)[C@H](N)C[C@@H](O)c1ccc(O)c(F)c1.Cl. The molecular formula is C13H21ClFNO2. The predicted octanol–water partition coefficient (Wildman–Crippen LogP) is 2.75. The van der Waals surface area contributed by atoms with E-state index in [0.29, 0.717) is 12.0 Å². The number of benzene rings is 1. The van der Waals surface area contributed by atoms with Crippen molar-refractivity contribution in [1.82, 2.24) is 0 Å². The summed E-state index contributed by atoms with van der Waals surface area (Å²) in [6.45, 7) is 5.96. The molecule has 0 heterocycles. The van der Waals surface area contributed by atoms with E-state index in [4.69, 9.17) is 10.8 Å². The van der Waals surface area contributed by atoms with Crippen LogP contribution in [0.3, 0.4) is 0 Å². The van der Waals surface area contributed by atoms with Gasteiger partial charge in [0.15, 0.2) is 11.6 Å². The second-order valence-corrected chi connectivity index (χ2v) is 5.43. The van der Waals surface area contributed by atoms with Gasteiger partial charge in [0.05, 0.1) is 6.10 Å². The van der Waals surface area contributed by atoms with Crippen molar-refractivity contribution >= 4 is 12.4 Å². The molecule has 1 rings (SSSR count). The zero-order valence-electron chi connectivity index (χ0n) is 10.9. The van der Waals surface area contributed by atoms with Crippen LogP contribution in [0.25, 0.3) is 0 Å². The number of hydrogen-bond acceptors (Lipinski definition) is 3. The fourth-order valence-corrected chi connectivity index (χ4v) is 1.46. The fraction of sp³-hybridized carbons (Fsp3) is 0.538. The lowest BCUT2D eigenvalue weighted by Gasteiger charge is -2.29. The number of phenols is 1. The van der Waals surface area contributed by atoms with Gasteiger partial charge in [-0.3, -0.25) is 0 Å². The summed E-state index contributed by atoms with van der Waals surface area (Å²) in [6.07, 6.45) is -0.465. The molecule has 0 bridgehead atoms. The largest absolute Gasteiger partial charge is 0.505 e. The lowest BCUT2D eigenvalue weighted by molar-refractivity contribution is 0.133. The number of hydrogen-bond donors (Lipinski definition) is 3. The molecule has 1 aromatic carbocycles. The lowest BCUT2D eigenvalue weighted by atomic mass is 9.83. The van der Waals surface area contributed by atoms with Gasteiger partial charge < -0.3 is 15.9 Å². The van der Waals surface area contributed by atoms with Crippen molar-refractivity contribution in [1.29, 1.82) is 0 Å². The molecule has 0 saturated carbocycles. The first-order chi connectivity index (χ1) is 7.71. The topological polar surface area (TPSA) is 66.5 Å². The second kappa shape index (κ2) is 6.36. The van der Waals surface area contributed by atoms with Gasteiger partial charge in [-0.2, -0.15) is 0 Å². The van der Waals surface area contributed by atoms with Gasteiger partial charge in [0.1, 0.15) is 0 Å². The van der Waals surface area contributed by atoms with Gasteiger partial charge in [0.25, 0.3) is 0 Å². The van der Waals surface area contributed by atoms with E-state index < -0.39 is 17.7 Å². The smallest absolute Gasteiger partial charge is 0.165 e. The number of aromatic hydroxyl groups is 1. The molecule has 0 aliphatic heterocycles. The summed E-state index contributed by atoms with van der Waals surface area (Å²) >= 11 is 0. The molecule has 0 saturated heterocycles. The van der Waals surface area contributed by atoms with Gasteiger partial charge in [-0.1, -0.05) is 26.8 Å². The summed E-state index contributed by atoms with van der Waals surface area (Å²) in [7, 11) is 0. The molecule has 0 aliphatic rings. The molecule has 5 heteroatoms. The molecule has 2 atom stereocenters. The summed E-state index contributed by atoms with van der Waals surface area (Å²) in [4.78, 5) is 0. The number of rotatable bonds is 3. The molecule has 4 N–H and O–H groups in total. The quantitative estimate of drug-likeness (QED) is 0.796. The molecular weight excluding hydrogens is 257 g/mol. The number of phenolic OH excluding ortho intramolecular Hbond substituents is 1. The third kappa shape index (κ3) is 4.44. The van der Waals surface area contributed by atoms with E-state index >= 15 is 0 Å². The molecule has 0 aliphatic carbocycles. The van der Waals surface area contributed by atoms with Gasteiger partial charge >= 0.3 is 0 Å². The maximum Gasteiger partial charge on any atom is 0.165 e. The summed E-state index contributed by atoms with van der Waals surface area (Å²) in [5, 5.41) is 19.0. The first-order valence-electron chi connectivity index (χ1n) is 5.64. The highest BCUT2D eigenvalue weighted by molar-refractivity contribution is 5.85. The predicted molar refractivity (Wildman–Crippen MR) is 72.3 cm³/mol. The Kier molecular flexibility index (Phi) is 6.07. The standard InChI is InChI=1S/C13H20FNO2.ClH/c1-13(2,3)12(15)7-11(17)8-4-5-10(16)9(14)6-8;/h4-6,11-12,16-17H,7,15H2,1-3H3;1H/t11-,12-;/m1./s1. The summed E-state index contributed by atoms with van der Waals surface area (Å²) < 4.78 is 13.1. The van der Waals surface area contributed by atoms with Crippen LogP contribution < -0.4 is 5.73 Å². The van der Waals surface area contributed by atoms with Gasteiger partial charge in [-0.15, -0.1) is 12.4 Å². The van der Waals surface area contributed by atoms with Crippen LogP contribution in [-0.2, 0) is 0 Å². The third-order valence-corrected chi connectivity index (χ3v) is 2.95. The lowest BCUT2D eigenvalue weighted by Crippen LogP contribution is -2.36. The summed E-state index contributed by atoms with van der Waals surface area (Å²) in [5.74, 6) is -1.15. The normalized spacial score (nSPS) is 14.8. The Hall–Kier alpha value is -0.840. The second-order valence-electron chi connectivity index (χ2n) is 5.43. The number of aliphatic hydroxyl groups is 1. The Morgan fingerprint density at radius 1 is 1.33 bits per heavy atom. The number of nitrogens with two attached hydrogens (primary N) is 1. The molecule has 18 heavy (non-hydrogen) atoms. The monoisotopic (exact) mass is 277 g/mol. The van der Waals surface area contributed by atoms with Gasteiger partial charge in [-0.05, 0) is 29.5 Å². The average molecular weight is 278 g/mol. The van der Waals surface area contributed by atoms with Crippen LogP contribution >= 0.6 is 12.4 Å². The molecule has 0 amide bonds. The molecule has 0 spiro atoms. The third-order valence-electron chi connectivity index (χ3n) is 2.95. The molecule has 1 aromatic rings.